The summed E-state index contributed by atoms with van der Waals surface area (Å²) < 4.78 is 5.63. The number of rotatable bonds is 4. The molecule has 0 heterocycles. The first kappa shape index (κ1) is 14.4. The minimum absolute atomic E-state index is 0.192. The molecule has 1 aromatic carbocycles. The molecule has 0 spiro atoms. The van der Waals surface area contributed by atoms with Crippen LogP contribution in [0.25, 0.3) is 0 Å². The fourth-order valence-corrected chi connectivity index (χ4v) is 2.91. The average Bonchev–Trinajstić information content (AvgIpc) is 2.67. The zero-order valence-corrected chi connectivity index (χ0v) is 12.1. The number of aliphatic hydroxyl groups excluding tert-OH is 1. The SMILES string of the molecule is CC(C)Oc1ccc(C(O)C2CCCCCC2)cc1. The van der Waals surface area contributed by atoms with E-state index in [0.29, 0.717) is 5.92 Å². The van der Waals surface area contributed by atoms with E-state index in [-0.39, 0.29) is 12.2 Å². The van der Waals surface area contributed by atoms with Crippen molar-refractivity contribution in [3.8, 4) is 5.75 Å². The number of hydrogen-bond acceptors (Lipinski definition) is 2. The van der Waals surface area contributed by atoms with Gasteiger partial charge in [0, 0.05) is 0 Å². The summed E-state index contributed by atoms with van der Waals surface area (Å²) in [6, 6.07) is 7.95. The van der Waals surface area contributed by atoms with Gasteiger partial charge in [-0.15, -0.1) is 0 Å². The van der Waals surface area contributed by atoms with Crippen LogP contribution in [0, 0.1) is 5.92 Å². The lowest BCUT2D eigenvalue weighted by molar-refractivity contribution is 0.0987. The van der Waals surface area contributed by atoms with Crippen molar-refractivity contribution in [1.29, 1.82) is 0 Å². The Morgan fingerprint density at radius 1 is 1.00 bits per heavy atom. The fraction of sp³-hybridized carbons (Fsp3) is 0.647. The molecule has 0 saturated heterocycles. The van der Waals surface area contributed by atoms with E-state index in [1.807, 2.05) is 38.1 Å². The van der Waals surface area contributed by atoms with E-state index < -0.39 is 0 Å². The highest BCUT2D eigenvalue weighted by Gasteiger charge is 2.22. The Labute approximate surface area is 116 Å². The predicted octanol–water partition coefficient (Wildman–Crippen LogP) is 4.48. The molecule has 2 heteroatoms. The number of benzene rings is 1. The highest BCUT2D eigenvalue weighted by molar-refractivity contribution is 5.29. The molecule has 0 aromatic heterocycles. The Morgan fingerprint density at radius 3 is 2.11 bits per heavy atom. The van der Waals surface area contributed by atoms with Crippen molar-refractivity contribution < 1.29 is 9.84 Å². The van der Waals surface area contributed by atoms with Gasteiger partial charge in [0.15, 0.2) is 0 Å². The van der Waals surface area contributed by atoms with Crippen LogP contribution in [0.5, 0.6) is 5.75 Å². The second-order valence-corrected chi connectivity index (χ2v) is 5.93. The highest BCUT2D eigenvalue weighted by atomic mass is 16.5. The molecule has 2 rings (SSSR count). The molecule has 1 unspecified atom stereocenters. The van der Waals surface area contributed by atoms with Gasteiger partial charge in [0.05, 0.1) is 12.2 Å². The van der Waals surface area contributed by atoms with Crippen LogP contribution in [0.15, 0.2) is 24.3 Å². The van der Waals surface area contributed by atoms with Gasteiger partial charge in [0.2, 0.25) is 0 Å². The molecule has 106 valence electrons. The summed E-state index contributed by atoms with van der Waals surface area (Å²) in [6.45, 7) is 4.04. The van der Waals surface area contributed by atoms with E-state index in [4.69, 9.17) is 4.74 Å². The summed E-state index contributed by atoms with van der Waals surface area (Å²) >= 11 is 0. The van der Waals surface area contributed by atoms with Gasteiger partial charge in [-0.3, -0.25) is 0 Å². The Balaban J connectivity index is 1.99. The third kappa shape index (κ3) is 4.24. The van der Waals surface area contributed by atoms with Crippen LogP contribution in [0.2, 0.25) is 0 Å². The molecular weight excluding hydrogens is 236 g/mol. The molecule has 1 fully saturated rings. The van der Waals surface area contributed by atoms with E-state index in [2.05, 4.69) is 0 Å². The standard InChI is InChI=1S/C17H26O2/c1-13(2)19-16-11-9-15(10-12-16)17(18)14-7-5-3-4-6-8-14/h9-14,17-18H,3-8H2,1-2H3. The van der Waals surface area contributed by atoms with Crippen LogP contribution in [0.4, 0.5) is 0 Å². The van der Waals surface area contributed by atoms with Crippen molar-refractivity contribution in [2.75, 3.05) is 0 Å². The maximum absolute atomic E-state index is 10.5. The zero-order chi connectivity index (χ0) is 13.7. The number of aliphatic hydroxyl groups is 1. The lowest BCUT2D eigenvalue weighted by atomic mass is 9.89. The molecule has 0 aliphatic heterocycles. The summed E-state index contributed by atoms with van der Waals surface area (Å²) in [6.07, 6.45) is 7.36. The maximum Gasteiger partial charge on any atom is 0.119 e. The van der Waals surface area contributed by atoms with Gasteiger partial charge in [0.1, 0.15) is 5.75 Å². The molecule has 1 aromatic rings. The zero-order valence-electron chi connectivity index (χ0n) is 12.1. The summed E-state index contributed by atoms with van der Waals surface area (Å²) in [7, 11) is 0. The van der Waals surface area contributed by atoms with E-state index in [9.17, 15) is 5.11 Å². The largest absolute Gasteiger partial charge is 0.491 e. The lowest BCUT2D eigenvalue weighted by Gasteiger charge is -2.22. The Bertz CT molecular complexity index is 361. The van der Waals surface area contributed by atoms with E-state index >= 15 is 0 Å². The van der Waals surface area contributed by atoms with Gasteiger partial charge < -0.3 is 9.84 Å². The van der Waals surface area contributed by atoms with Crippen molar-refractivity contribution >= 4 is 0 Å². The lowest BCUT2D eigenvalue weighted by Crippen LogP contribution is -2.12. The van der Waals surface area contributed by atoms with Crippen molar-refractivity contribution in [3.05, 3.63) is 29.8 Å². The van der Waals surface area contributed by atoms with E-state index in [1.165, 1.54) is 25.7 Å². The Morgan fingerprint density at radius 2 is 1.58 bits per heavy atom. The van der Waals surface area contributed by atoms with Crippen molar-refractivity contribution in [2.45, 2.75) is 64.6 Å². The van der Waals surface area contributed by atoms with Crippen LogP contribution in [0.3, 0.4) is 0 Å². The average molecular weight is 262 g/mol. The molecular formula is C17H26O2. The molecule has 1 saturated carbocycles. The van der Waals surface area contributed by atoms with Crippen LogP contribution in [0.1, 0.15) is 64.0 Å². The third-order valence-corrected chi connectivity index (χ3v) is 3.94. The van der Waals surface area contributed by atoms with Gasteiger partial charge in [-0.05, 0) is 50.3 Å². The van der Waals surface area contributed by atoms with Crippen LogP contribution in [-0.4, -0.2) is 11.2 Å². The smallest absolute Gasteiger partial charge is 0.119 e. The topological polar surface area (TPSA) is 29.5 Å². The first-order valence-electron chi connectivity index (χ1n) is 7.61. The predicted molar refractivity (Wildman–Crippen MR) is 78.4 cm³/mol. The molecule has 1 aliphatic rings. The van der Waals surface area contributed by atoms with Crippen LogP contribution < -0.4 is 4.74 Å². The molecule has 1 aliphatic carbocycles. The maximum atomic E-state index is 10.5. The highest BCUT2D eigenvalue weighted by Crippen LogP contribution is 2.33. The van der Waals surface area contributed by atoms with Gasteiger partial charge in [-0.25, -0.2) is 0 Å². The summed E-state index contributed by atoms with van der Waals surface area (Å²) in [5.74, 6) is 1.31. The molecule has 1 N–H and O–H groups in total. The Kier molecular flexibility index (Phi) is 5.26. The molecule has 0 amide bonds. The molecule has 19 heavy (non-hydrogen) atoms. The summed E-state index contributed by atoms with van der Waals surface area (Å²) in [5.41, 5.74) is 1.03. The monoisotopic (exact) mass is 262 g/mol. The molecule has 0 radical (unpaired) electrons. The quantitative estimate of drug-likeness (QED) is 0.811. The molecule has 2 nitrogen and oxygen atoms in total. The van der Waals surface area contributed by atoms with Crippen LogP contribution >= 0.6 is 0 Å². The minimum atomic E-state index is -0.314. The number of hydrogen-bond donors (Lipinski definition) is 1. The van der Waals surface area contributed by atoms with Crippen molar-refractivity contribution in [3.63, 3.8) is 0 Å². The van der Waals surface area contributed by atoms with E-state index in [1.54, 1.807) is 0 Å². The summed E-state index contributed by atoms with van der Waals surface area (Å²) in [4.78, 5) is 0. The van der Waals surface area contributed by atoms with Gasteiger partial charge >= 0.3 is 0 Å². The second kappa shape index (κ2) is 6.95. The summed E-state index contributed by atoms with van der Waals surface area (Å²) in [5, 5.41) is 10.5. The first-order valence-corrected chi connectivity index (χ1v) is 7.61. The van der Waals surface area contributed by atoms with Gasteiger partial charge in [-0.2, -0.15) is 0 Å². The molecule has 0 bridgehead atoms. The van der Waals surface area contributed by atoms with Gasteiger partial charge in [0.25, 0.3) is 0 Å². The second-order valence-electron chi connectivity index (χ2n) is 5.93. The minimum Gasteiger partial charge on any atom is -0.491 e. The Hall–Kier alpha value is -1.02. The third-order valence-electron chi connectivity index (χ3n) is 3.94. The van der Waals surface area contributed by atoms with E-state index in [0.717, 1.165) is 24.2 Å². The van der Waals surface area contributed by atoms with Crippen molar-refractivity contribution in [1.82, 2.24) is 0 Å². The normalized spacial score (nSPS) is 19.2. The van der Waals surface area contributed by atoms with Crippen molar-refractivity contribution in [2.24, 2.45) is 5.92 Å². The van der Waals surface area contributed by atoms with Crippen LogP contribution in [-0.2, 0) is 0 Å². The van der Waals surface area contributed by atoms with Gasteiger partial charge in [-0.1, -0.05) is 37.8 Å². The molecule has 1 atom stereocenters. The fourth-order valence-electron chi connectivity index (χ4n) is 2.91. The first-order chi connectivity index (χ1) is 9.16. The number of ether oxygens (including phenoxy) is 1.